The van der Waals surface area contributed by atoms with Crippen molar-refractivity contribution in [2.45, 2.75) is 51.2 Å². The molecule has 212 valence electrons. The van der Waals surface area contributed by atoms with E-state index in [4.69, 9.17) is 10.00 Å². The first-order valence-corrected chi connectivity index (χ1v) is 14.0. The van der Waals surface area contributed by atoms with E-state index in [0.717, 1.165) is 11.1 Å². The summed E-state index contributed by atoms with van der Waals surface area (Å²) in [5, 5.41) is 9.11. The number of ether oxygens (including phenoxy) is 1. The van der Waals surface area contributed by atoms with Crippen LogP contribution in [0.15, 0.2) is 84.9 Å². The Labute approximate surface area is 242 Å². The molecular weight excluding hydrogens is 514 g/mol. The molecular formula is C34H37N3O4. The highest BCUT2D eigenvalue weighted by molar-refractivity contribution is 5.96. The Balaban J connectivity index is 1.43. The zero-order valence-corrected chi connectivity index (χ0v) is 24.0. The molecule has 0 bridgehead atoms. The van der Waals surface area contributed by atoms with E-state index in [1.54, 1.807) is 36.2 Å². The van der Waals surface area contributed by atoms with Crippen LogP contribution in [-0.2, 0) is 20.9 Å². The number of hydrogen-bond donors (Lipinski definition) is 0. The van der Waals surface area contributed by atoms with Gasteiger partial charge < -0.3 is 14.5 Å². The van der Waals surface area contributed by atoms with Crippen LogP contribution < -0.4 is 0 Å². The van der Waals surface area contributed by atoms with E-state index in [0.29, 0.717) is 43.5 Å². The number of amides is 2. The van der Waals surface area contributed by atoms with Gasteiger partial charge in [0.1, 0.15) is 6.61 Å². The zero-order chi connectivity index (χ0) is 29.4. The van der Waals surface area contributed by atoms with E-state index in [-0.39, 0.29) is 30.3 Å². The van der Waals surface area contributed by atoms with Gasteiger partial charge in [0, 0.05) is 32.1 Å². The molecule has 1 aliphatic heterocycles. The number of rotatable bonds is 9. The summed E-state index contributed by atoms with van der Waals surface area (Å²) in [6.45, 7) is 5.18. The molecule has 0 N–H and O–H groups in total. The van der Waals surface area contributed by atoms with Crippen LogP contribution in [0.5, 0.6) is 0 Å². The van der Waals surface area contributed by atoms with Gasteiger partial charge in [-0.1, -0.05) is 60.7 Å². The number of benzene rings is 3. The van der Waals surface area contributed by atoms with Crippen molar-refractivity contribution in [3.63, 3.8) is 0 Å². The van der Waals surface area contributed by atoms with Crippen LogP contribution in [0.25, 0.3) is 0 Å². The number of nitrogens with zero attached hydrogens (tertiary/aromatic N) is 3. The van der Waals surface area contributed by atoms with Crippen LogP contribution in [0.4, 0.5) is 0 Å². The Kier molecular flexibility index (Phi) is 9.57. The van der Waals surface area contributed by atoms with Crippen LogP contribution in [0, 0.1) is 17.2 Å². The first-order chi connectivity index (χ1) is 19.7. The van der Waals surface area contributed by atoms with Crippen molar-refractivity contribution in [3.05, 3.63) is 107 Å². The first kappa shape index (κ1) is 29.5. The lowest BCUT2D eigenvalue weighted by atomic mass is 9.78. The van der Waals surface area contributed by atoms with Gasteiger partial charge >= 0.3 is 5.97 Å². The quantitative estimate of drug-likeness (QED) is 0.325. The van der Waals surface area contributed by atoms with Crippen LogP contribution in [0.1, 0.15) is 66.1 Å². The van der Waals surface area contributed by atoms with Gasteiger partial charge in [-0.25, -0.2) is 0 Å². The van der Waals surface area contributed by atoms with Gasteiger partial charge in [0.25, 0.3) is 5.91 Å². The standard InChI is InChI=1S/C34H37N3O4/c1-34(2,36(3)32(39)29-16-14-26(23-35)15-17-29)31(28-12-8-5-9-13-28)33(40)37-20-18-25(19-21-37)22-30(38)41-24-27-10-6-4-7-11-27/h4-17,25,31H,18-22,24H2,1-3H3. The summed E-state index contributed by atoms with van der Waals surface area (Å²) >= 11 is 0. The molecule has 1 heterocycles. The molecule has 1 fully saturated rings. The summed E-state index contributed by atoms with van der Waals surface area (Å²) < 4.78 is 5.47. The van der Waals surface area contributed by atoms with E-state index in [1.165, 1.54) is 0 Å². The maximum absolute atomic E-state index is 14.1. The Bertz CT molecular complexity index is 1370. The van der Waals surface area contributed by atoms with Gasteiger partial charge in [0.15, 0.2) is 0 Å². The molecule has 0 radical (unpaired) electrons. The van der Waals surface area contributed by atoms with Gasteiger partial charge in [-0.2, -0.15) is 5.26 Å². The number of hydrogen-bond acceptors (Lipinski definition) is 5. The summed E-state index contributed by atoms with van der Waals surface area (Å²) in [6.07, 6.45) is 1.77. The van der Waals surface area contributed by atoms with Crippen molar-refractivity contribution in [3.8, 4) is 6.07 Å². The van der Waals surface area contributed by atoms with Gasteiger partial charge in [-0.3, -0.25) is 14.4 Å². The fourth-order valence-electron chi connectivity index (χ4n) is 5.41. The number of likely N-dealkylation sites (tertiary alicyclic amines) is 1. The highest BCUT2D eigenvalue weighted by atomic mass is 16.5. The summed E-state index contributed by atoms with van der Waals surface area (Å²) in [6, 6.07) is 27.8. The van der Waals surface area contributed by atoms with Crippen molar-refractivity contribution in [2.24, 2.45) is 5.92 Å². The Morgan fingerprint density at radius 3 is 2.12 bits per heavy atom. The minimum absolute atomic E-state index is 0.0363. The first-order valence-electron chi connectivity index (χ1n) is 14.0. The lowest BCUT2D eigenvalue weighted by molar-refractivity contribution is -0.146. The second kappa shape index (κ2) is 13.3. The molecule has 0 saturated carbocycles. The maximum Gasteiger partial charge on any atom is 0.306 e. The second-order valence-corrected chi connectivity index (χ2v) is 11.2. The van der Waals surface area contributed by atoms with Crippen LogP contribution in [0.2, 0.25) is 0 Å². The average Bonchev–Trinajstić information content (AvgIpc) is 3.00. The van der Waals surface area contributed by atoms with E-state index >= 15 is 0 Å². The fraction of sp³-hybridized carbons (Fsp3) is 0.353. The average molecular weight is 552 g/mol. The third-order valence-electron chi connectivity index (χ3n) is 8.14. The Hall–Kier alpha value is -4.44. The van der Waals surface area contributed by atoms with E-state index in [9.17, 15) is 14.4 Å². The number of esters is 1. The van der Waals surface area contributed by atoms with Crippen molar-refractivity contribution in [1.82, 2.24) is 9.80 Å². The highest BCUT2D eigenvalue weighted by Crippen LogP contribution is 2.36. The SMILES string of the molecule is CN(C(=O)c1ccc(C#N)cc1)C(C)(C)C(C(=O)N1CCC(CC(=O)OCc2ccccc2)CC1)c1ccccc1. The van der Waals surface area contributed by atoms with Crippen LogP contribution >= 0.6 is 0 Å². The minimum Gasteiger partial charge on any atom is -0.461 e. The molecule has 4 rings (SSSR count). The monoisotopic (exact) mass is 551 g/mol. The predicted octanol–water partition coefficient (Wildman–Crippen LogP) is 5.56. The van der Waals surface area contributed by atoms with Crippen molar-refractivity contribution in [1.29, 1.82) is 5.26 Å². The van der Waals surface area contributed by atoms with Crippen molar-refractivity contribution >= 4 is 17.8 Å². The molecule has 7 nitrogen and oxygen atoms in total. The topological polar surface area (TPSA) is 90.7 Å². The van der Waals surface area contributed by atoms with Crippen LogP contribution in [0.3, 0.4) is 0 Å². The number of nitriles is 1. The molecule has 3 aromatic carbocycles. The molecule has 41 heavy (non-hydrogen) atoms. The van der Waals surface area contributed by atoms with Crippen LogP contribution in [-0.4, -0.2) is 53.3 Å². The lowest BCUT2D eigenvalue weighted by Gasteiger charge is -2.44. The molecule has 0 spiro atoms. The summed E-state index contributed by atoms with van der Waals surface area (Å²) in [5.74, 6) is -0.911. The Morgan fingerprint density at radius 1 is 0.951 bits per heavy atom. The van der Waals surface area contributed by atoms with Gasteiger partial charge in [0.05, 0.1) is 23.1 Å². The third kappa shape index (κ3) is 7.20. The molecule has 2 amide bonds. The molecule has 3 aromatic rings. The van der Waals surface area contributed by atoms with E-state index in [1.807, 2.05) is 79.4 Å². The Morgan fingerprint density at radius 2 is 1.54 bits per heavy atom. The maximum atomic E-state index is 14.1. The molecule has 1 atom stereocenters. The molecule has 1 unspecified atom stereocenters. The van der Waals surface area contributed by atoms with Crippen molar-refractivity contribution in [2.75, 3.05) is 20.1 Å². The molecule has 1 aliphatic rings. The second-order valence-electron chi connectivity index (χ2n) is 11.2. The van der Waals surface area contributed by atoms with Crippen molar-refractivity contribution < 1.29 is 19.1 Å². The number of carbonyl (C=O) groups excluding carboxylic acids is 3. The molecule has 7 heteroatoms. The number of carbonyl (C=O) groups is 3. The molecule has 0 aromatic heterocycles. The fourth-order valence-corrected chi connectivity index (χ4v) is 5.41. The number of likely N-dealkylation sites (N-methyl/N-ethyl adjacent to an activating group) is 1. The zero-order valence-electron chi connectivity index (χ0n) is 24.0. The van der Waals surface area contributed by atoms with Gasteiger partial charge in [-0.15, -0.1) is 0 Å². The van der Waals surface area contributed by atoms with Gasteiger partial charge in [0.2, 0.25) is 5.91 Å². The largest absolute Gasteiger partial charge is 0.461 e. The minimum atomic E-state index is -0.860. The molecule has 0 aliphatic carbocycles. The summed E-state index contributed by atoms with van der Waals surface area (Å²) in [7, 11) is 1.72. The predicted molar refractivity (Wildman–Crippen MR) is 157 cm³/mol. The lowest BCUT2D eigenvalue weighted by Crippen LogP contribution is -2.55. The van der Waals surface area contributed by atoms with E-state index < -0.39 is 11.5 Å². The smallest absolute Gasteiger partial charge is 0.306 e. The summed E-state index contributed by atoms with van der Waals surface area (Å²) in [4.78, 5) is 43.6. The molecule has 1 saturated heterocycles. The van der Waals surface area contributed by atoms with Gasteiger partial charge in [-0.05, 0) is 68.0 Å². The van der Waals surface area contributed by atoms with E-state index in [2.05, 4.69) is 6.07 Å². The number of piperidine rings is 1. The normalized spacial score (nSPS) is 14.5. The third-order valence-corrected chi connectivity index (χ3v) is 8.14. The highest BCUT2D eigenvalue weighted by Gasteiger charge is 2.44. The summed E-state index contributed by atoms with van der Waals surface area (Å²) in [5.41, 5.74) is 1.88.